The summed E-state index contributed by atoms with van der Waals surface area (Å²) in [5.41, 5.74) is 0.599. The zero-order chi connectivity index (χ0) is 12.0. The average molecular weight is 221 g/mol. The monoisotopic (exact) mass is 221 g/mol. The van der Waals surface area contributed by atoms with Crippen molar-refractivity contribution in [3.63, 3.8) is 0 Å². The lowest BCUT2D eigenvalue weighted by atomic mass is 9.89. The SMILES string of the molecule is CC(C)(CCO)CNC(=O)c1ccccc1. The van der Waals surface area contributed by atoms with E-state index in [1.54, 1.807) is 12.1 Å². The molecule has 0 atom stereocenters. The second kappa shape index (κ2) is 5.66. The Bertz CT molecular complexity index is 333. The van der Waals surface area contributed by atoms with Crippen LogP contribution in [-0.4, -0.2) is 24.2 Å². The van der Waals surface area contributed by atoms with Gasteiger partial charge in [0.05, 0.1) is 0 Å². The highest BCUT2D eigenvalue weighted by Crippen LogP contribution is 2.18. The fraction of sp³-hybridized carbons (Fsp3) is 0.462. The van der Waals surface area contributed by atoms with Gasteiger partial charge in [-0.15, -0.1) is 0 Å². The minimum absolute atomic E-state index is 0.0633. The van der Waals surface area contributed by atoms with Crippen molar-refractivity contribution in [3.8, 4) is 0 Å². The molecular weight excluding hydrogens is 202 g/mol. The Labute approximate surface area is 96.5 Å². The van der Waals surface area contributed by atoms with Crippen LogP contribution in [0, 0.1) is 5.41 Å². The quantitative estimate of drug-likeness (QED) is 0.797. The van der Waals surface area contributed by atoms with Crippen molar-refractivity contribution in [3.05, 3.63) is 35.9 Å². The summed E-state index contributed by atoms with van der Waals surface area (Å²) in [4.78, 5) is 11.7. The molecule has 0 aliphatic rings. The van der Waals surface area contributed by atoms with E-state index in [2.05, 4.69) is 5.32 Å². The summed E-state index contributed by atoms with van der Waals surface area (Å²) in [5, 5.41) is 11.7. The number of carbonyl (C=O) groups excluding carboxylic acids is 1. The van der Waals surface area contributed by atoms with Crippen LogP contribution in [0.25, 0.3) is 0 Å². The molecule has 1 rings (SSSR count). The summed E-state index contributed by atoms with van der Waals surface area (Å²) < 4.78 is 0. The summed E-state index contributed by atoms with van der Waals surface area (Å²) >= 11 is 0. The van der Waals surface area contributed by atoms with Crippen molar-refractivity contribution in [2.24, 2.45) is 5.41 Å². The molecule has 0 aromatic heterocycles. The highest BCUT2D eigenvalue weighted by molar-refractivity contribution is 5.94. The van der Waals surface area contributed by atoms with Gasteiger partial charge in [-0.25, -0.2) is 0 Å². The van der Waals surface area contributed by atoms with Crippen LogP contribution in [0.2, 0.25) is 0 Å². The van der Waals surface area contributed by atoms with Gasteiger partial charge in [0, 0.05) is 18.7 Å². The van der Waals surface area contributed by atoms with E-state index in [1.807, 2.05) is 32.0 Å². The zero-order valence-electron chi connectivity index (χ0n) is 9.86. The van der Waals surface area contributed by atoms with E-state index in [1.165, 1.54) is 0 Å². The van der Waals surface area contributed by atoms with Gasteiger partial charge in [-0.1, -0.05) is 32.0 Å². The second-order valence-electron chi connectivity index (χ2n) is 4.69. The number of aliphatic hydroxyl groups excluding tert-OH is 1. The molecule has 0 heterocycles. The molecule has 1 amide bonds. The minimum Gasteiger partial charge on any atom is -0.396 e. The summed E-state index contributed by atoms with van der Waals surface area (Å²) in [6.07, 6.45) is 0.683. The predicted molar refractivity (Wildman–Crippen MR) is 64.3 cm³/mol. The third-order valence-electron chi connectivity index (χ3n) is 2.55. The Morgan fingerprint density at radius 3 is 2.50 bits per heavy atom. The molecule has 0 bridgehead atoms. The van der Waals surface area contributed by atoms with E-state index in [4.69, 9.17) is 5.11 Å². The van der Waals surface area contributed by atoms with Crippen molar-refractivity contribution in [1.82, 2.24) is 5.32 Å². The summed E-state index contributed by atoms with van der Waals surface area (Å²) in [7, 11) is 0. The van der Waals surface area contributed by atoms with E-state index in [-0.39, 0.29) is 17.9 Å². The first-order valence-electron chi connectivity index (χ1n) is 5.49. The van der Waals surface area contributed by atoms with Crippen LogP contribution < -0.4 is 5.32 Å². The molecule has 16 heavy (non-hydrogen) atoms. The van der Waals surface area contributed by atoms with Gasteiger partial charge in [0.2, 0.25) is 0 Å². The Morgan fingerprint density at radius 2 is 1.94 bits per heavy atom. The summed E-state index contributed by atoms with van der Waals surface area (Å²) in [5.74, 6) is -0.0633. The fourth-order valence-electron chi connectivity index (χ4n) is 1.40. The molecule has 0 fully saturated rings. The second-order valence-corrected chi connectivity index (χ2v) is 4.69. The van der Waals surface area contributed by atoms with Gasteiger partial charge in [-0.3, -0.25) is 4.79 Å². The smallest absolute Gasteiger partial charge is 0.251 e. The van der Waals surface area contributed by atoms with Gasteiger partial charge >= 0.3 is 0 Å². The van der Waals surface area contributed by atoms with E-state index >= 15 is 0 Å². The van der Waals surface area contributed by atoms with Crippen molar-refractivity contribution in [2.45, 2.75) is 20.3 Å². The first kappa shape index (κ1) is 12.7. The molecule has 0 unspecified atom stereocenters. The Hall–Kier alpha value is -1.35. The molecule has 2 N–H and O–H groups in total. The lowest BCUT2D eigenvalue weighted by Gasteiger charge is -2.23. The Kier molecular flexibility index (Phi) is 4.50. The van der Waals surface area contributed by atoms with Crippen LogP contribution in [0.4, 0.5) is 0 Å². The Balaban J connectivity index is 2.48. The van der Waals surface area contributed by atoms with Gasteiger partial charge in [-0.2, -0.15) is 0 Å². The minimum atomic E-state index is -0.0702. The molecule has 3 nitrogen and oxygen atoms in total. The van der Waals surface area contributed by atoms with Crippen LogP contribution in [0.5, 0.6) is 0 Å². The number of hydrogen-bond donors (Lipinski definition) is 2. The third-order valence-corrected chi connectivity index (χ3v) is 2.55. The molecule has 0 saturated heterocycles. The molecule has 1 aromatic carbocycles. The molecule has 0 radical (unpaired) electrons. The Morgan fingerprint density at radius 1 is 1.31 bits per heavy atom. The standard InChI is InChI=1S/C13H19NO2/c1-13(2,8-9-15)10-14-12(16)11-6-4-3-5-7-11/h3-7,15H,8-10H2,1-2H3,(H,14,16). The van der Waals surface area contributed by atoms with E-state index < -0.39 is 0 Å². The predicted octanol–water partition coefficient (Wildman–Crippen LogP) is 1.82. The molecule has 1 aromatic rings. The van der Waals surface area contributed by atoms with Crippen molar-refractivity contribution >= 4 is 5.91 Å². The topological polar surface area (TPSA) is 49.3 Å². The van der Waals surface area contributed by atoms with Crippen LogP contribution in [0.15, 0.2) is 30.3 Å². The average Bonchev–Trinajstić information content (AvgIpc) is 2.27. The van der Waals surface area contributed by atoms with Crippen molar-refractivity contribution in [1.29, 1.82) is 0 Å². The number of benzene rings is 1. The number of aliphatic hydroxyl groups is 1. The molecule has 0 spiro atoms. The highest BCUT2D eigenvalue weighted by atomic mass is 16.3. The van der Waals surface area contributed by atoms with E-state index in [0.29, 0.717) is 18.5 Å². The van der Waals surface area contributed by atoms with Gasteiger partial charge in [-0.05, 0) is 24.0 Å². The summed E-state index contributed by atoms with van der Waals surface area (Å²) in [6.45, 7) is 4.76. The molecule has 0 aliphatic carbocycles. The normalized spacial score (nSPS) is 11.2. The maximum Gasteiger partial charge on any atom is 0.251 e. The molecule has 0 aliphatic heterocycles. The van der Waals surface area contributed by atoms with E-state index in [0.717, 1.165) is 0 Å². The highest BCUT2D eigenvalue weighted by Gasteiger charge is 2.18. The zero-order valence-corrected chi connectivity index (χ0v) is 9.86. The molecule has 3 heteroatoms. The van der Waals surface area contributed by atoms with Crippen molar-refractivity contribution in [2.75, 3.05) is 13.2 Å². The fourth-order valence-corrected chi connectivity index (χ4v) is 1.40. The van der Waals surface area contributed by atoms with Gasteiger partial charge in [0.25, 0.3) is 5.91 Å². The van der Waals surface area contributed by atoms with Gasteiger partial charge in [0.15, 0.2) is 0 Å². The molecular formula is C13H19NO2. The van der Waals surface area contributed by atoms with Gasteiger partial charge < -0.3 is 10.4 Å². The maximum absolute atomic E-state index is 11.7. The van der Waals surface area contributed by atoms with Crippen LogP contribution >= 0.6 is 0 Å². The van der Waals surface area contributed by atoms with Crippen molar-refractivity contribution < 1.29 is 9.90 Å². The number of rotatable bonds is 5. The number of hydrogen-bond acceptors (Lipinski definition) is 2. The largest absolute Gasteiger partial charge is 0.396 e. The van der Waals surface area contributed by atoms with E-state index in [9.17, 15) is 4.79 Å². The summed E-state index contributed by atoms with van der Waals surface area (Å²) in [6, 6.07) is 9.14. The molecule has 88 valence electrons. The van der Waals surface area contributed by atoms with Crippen LogP contribution in [-0.2, 0) is 0 Å². The first-order chi connectivity index (χ1) is 7.55. The molecule has 0 saturated carbocycles. The number of amides is 1. The first-order valence-corrected chi connectivity index (χ1v) is 5.49. The van der Waals surface area contributed by atoms with Crippen LogP contribution in [0.3, 0.4) is 0 Å². The van der Waals surface area contributed by atoms with Crippen LogP contribution in [0.1, 0.15) is 30.6 Å². The number of carbonyl (C=O) groups is 1. The maximum atomic E-state index is 11.7. The number of nitrogens with one attached hydrogen (secondary N) is 1. The van der Waals surface area contributed by atoms with Gasteiger partial charge in [0.1, 0.15) is 0 Å². The lowest BCUT2D eigenvalue weighted by molar-refractivity contribution is 0.0928. The third kappa shape index (κ3) is 4.03. The lowest BCUT2D eigenvalue weighted by Crippen LogP contribution is -2.34.